The molecule has 0 spiro atoms. The van der Waals surface area contributed by atoms with Gasteiger partial charge in [-0.2, -0.15) is 0 Å². The van der Waals surface area contributed by atoms with E-state index >= 15 is 0 Å². The summed E-state index contributed by atoms with van der Waals surface area (Å²) in [7, 11) is 0. The van der Waals surface area contributed by atoms with Crippen molar-refractivity contribution in [3.05, 3.63) is 35.4 Å². The summed E-state index contributed by atoms with van der Waals surface area (Å²) < 4.78 is 6.02. The van der Waals surface area contributed by atoms with E-state index in [0.29, 0.717) is 18.9 Å². The van der Waals surface area contributed by atoms with Gasteiger partial charge >= 0.3 is 0 Å². The van der Waals surface area contributed by atoms with Crippen LogP contribution in [-0.2, 0) is 11.2 Å². The van der Waals surface area contributed by atoms with Gasteiger partial charge in [-0.05, 0) is 36.8 Å². The highest BCUT2D eigenvalue weighted by molar-refractivity contribution is 5.25. The predicted molar refractivity (Wildman–Crippen MR) is 87.7 cm³/mol. The molecule has 0 heterocycles. The van der Waals surface area contributed by atoms with E-state index in [9.17, 15) is 5.11 Å². The Morgan fingerprint density at radius 2 is 1.71 bits per heavy atom. The van der Waals surface area contributed by atoms with E-state index in [0.717, 1.165) is 12.8 Å². The number of aliphatic hydroxyl groups excluding tert-OH is 1. The molecule has 21 heavy (non-hydrogen) atoms. The molecular formula is C19H30O2. The Bertz CT molecular complexity index is 410. The van der Waals surface area contributed by atoms with Crippen LogP contribution < -0.4 is 0 Å². The normalized spacial score (nSPS) is 19.7. The first-order chi connectivity index (χ1) is 10.1. The molecule has 2 heteroatoms. The second-order valence-electron chi connectivity index (χ2n) is 6.67. The molecule has 0 saturated heterocycles. The minimum Gasteiger partial charge on any atom is -0.390 e. The Morgan fingerprint density at radius 1 is 1.10 bits per heavy atom. The Kier molecular flexibility index (Phi) is 5.83. The molecule has 2 nitrogen and oxygen atoms in total. The van der Waals surface area contributed by atoms with Crippen LogP contribution >= 0.6 is 0 Å². The molecule has 1 N–H and O–H groups in total. The van der Waals surface area contributed by atoms with Gasteiger partial charge < -0.3 is 9.84 Å². The first-order valence-corrected chi connectivity index (χ1v) is 8.48. The maximum atomic E-state index is 10.8. The highest BCUT2D eigenvalue weighted by atomic mass is 16.5. The van der Waals surface area contributed by atoms with E-state index in [-0.39, 0.29) is 5.60 Å². The Balaban J connectivity index is 2.05. The van der Waals surface area contributed by atoms with Gasteiger partial charge in [-0.3, -0.25) is 0 Å². The van der Waals surface area contributed by atoms with E-state index in [4.69, 9.17) is 4.74 Å². The number of ether oxygens (including phenoxy) is 1. The van der Waals surface area contributed by atoms with Crippen molar-refractivity contribution in [3.8, 4) is 0 Å². The minimum atomic E-state index is -0.400. The molecule has 0 aliphatic heterocycles. The van der Waals surface area contributed by atoms with Crippen molar-refractivity contribution in [1.29, 1.82) is 0 Å². The fraction of sp³-hybridized carbons (Fsp3) is 0.684. The lowest BCUT2D eigenvalue weighted by Gasteiger charge is -2.41. The van der Waals surface area contributed by atoms with Crippen LogP contribution in [0, 0.1) is 0 Å². The lowest BCUT2D eigenvalue weighted by atomic mass is 9.78. The summed E-state index contributed by atoms with van der Waals surface area (Å²) in [6.07, 6.45) is 5.89. The van der Waals surface area contributed by atoms with Gasteiger partial charge in [0.25, 0.3) is 0 Å². The molecule has 1 fully saturated rings. The van der Waals surface area contributed by atoms with Crippen molar-refractivity contribution < 1.29 is 9.84 Å². The van der Waals surface area contributed by atoms with Crippen LogP contribution in [0.15, 0.2) is 24.3 Å². The van der Waals surface area contributed by atoms with Crippen LogP contribution in [0.2, 0.25) is 0 Å². The quantitative estimate of drug-likeness (QED) is 0.838. The van der Waals surface area contributed by atoms with Crippen molar-refractivity contribution in [1.82, 2.24) is 0 Å². The Labute approximate surface area is 129 Å². The summed E-state index contributed by atoms with van der Waals surface area (Å²) in [6.45, 7) is 7.12. The lowest BCUT2D eigenvalue weighted by molar-refractivity contribution is -0.138. The highest BCUT2D eigenvalue weighted by Crippen LogP contribution is 2.36. The zero-order valence-corrected chi connectivity index (χ0v) is 13.8. The fourth-order valence-corrected chi connectivity index (χ4v) is 3.46. The van der Waals surface area contributed by atoms with E-state index in [2.05, 4.69) is 38.1 Å². The van der Waals surface area contributed by atoms with Gasteiger partial charge in [0, 0.05) is 13.0 Å². The van der Waals surface area contributed by atoms with E-state index in [1.165, 1.54) is 30.4 Å². The van der Waals surface area contributed by atoms with Crippen LogP contribution in [0.5, 0.6) is 0 Å². The first kappa shape index (κ1) is 16.5. The molecule has 1 aliphatic carbocycles. The summed E-state index contributed by atoms with van der Waals surface area (Å²) in [5, 5.41) is 10.8. The highest BCUT2D eigenvalue weighted by Gasteiger charge is 2.39. The Morgan fingerprint density at radius 3 is 2.24 bits per heavy atom. The topological polar surface area (TPSA) is 29.5 Å². The molecule has 0 bridgehead atoms. The first-order valence-electron chi connectivity index (χ1n) is 8.48. The maximum Gasteiger partial charge on any atom is 0.0943 e. The fourth-order valence-electron chi connectivity index (χ4n) is 3.46. The number of rotatable bonds is 6. The third kappa shape index (κ3) is 4.08. The van der Waals surface area contributed by atoms with Crippen LogP contribution in [0.3, 0.4) is 0 Å². The van der Waals surface area contributed by atoms with Crippen molar-refractivity contribution >= 4 is 0 Å². The zero-order valence-electron chi connectivity index (χ0n) is 13.8. The number of benzene rings is 1. The summed E-state index contributed by atoms with van der Waals surface area (Å²) in [5.74, 6) is 0.553. The summed E-state index contributed by atoms with van der Waals surface area (Å²) in [4.78, 5) is 0. The molecule has 1 aromatic rings. The minimum absolute atomic E-state index is 0.316. The molecule has 2 rings (SSSR count). The average Bonchev–Trinajstić information content (AvgIpc) is 2.49. The molecule has 118 valence electrons. The van der Waals surface area contributed by atoms with Gasteiger partial charge in [-0.25, -0.2) is 0 Å². The second kappa shape index (κ2) is 7.42. The molecule has 1 atom stereocenters. The lowest BCUT2D eigenvalue weighted by Crippen LogP contribution is -2.47. The Hall–Kier alpha value is -0.860. The predicted octanol–water partition coefficient (Wildman–Crippen LogP) is 4.45. The molecule has 1 saturated carbocycles. The summed E-state index contributed by atoms with van der Waals surface area (Å²) >= 11 is 0. The molecule has 1 aromatic carbocycles. The van der Waals surface area contributed by atoms with Crippen molar-refractivity contribution in [2.45, 2.75) is 76.9 Å². The van der Waals surface area contributed by atoms with Crippen LogP contribution in [-0.4, -0.2) is 23.4 Å². The number of hydrogen-bond acceptors (Lipinski definition) is 2. The third-order valence-electron chi connectivity index (χ3n) is 4.81. The molecule has 0 aromatic heterocycles. The van der Waals surface area contributed by atoms with Crippen LogP contribution in [0.25, 0.3) is 0 Å². The molecule has 0 radical (unpaired) electrons. The number of hydrogen-bond donors (Lipinski definition) is 1. The van der Waals surface area contributed by atoms with E-state index < -0.39 is 6.10 Å². The largest absolute Gasteiger partial charge is 0.390 e. The van der Waals surface area contributed by atoms with Crippen molar-refractivity contribution in [2.24, 2.45) is 0 Å². The van der Waals surface area contributed by atoms with Gasteiger partial charge in [0.15, 0.2) is 0 Å². The summed E-state index contributed by atoms with van der Waals surface area (Å²) in [6, 6.07) is 8.67. The SMILES string of the molecule is CCOC1(C(O)Cc2ccc(C(C)C)cc2)CCCCC1. The monoisotopic (exact) mass is 290 g/mol. The molecular weight excluding hydrogens is 260 g/mol. The molecule has 0 amide bonds. The average molecular weight is 290 g/mol. The van der Waals surface area contributed by atoms with Crippen molar-refractivity contribution in [3.63, 3.8) is 0 Å². The zero-order chi connectivity index (χ0) is 15.3. The molecule has 1 unspecified atom stereocenters. The molecule has 1 aliphatic rings. The van der Waals surface area contributed by atoms with Gasteiger partial charge in [0.2, 0.25) is 0 Å². The van der Waals surface area contributed by atoms with Crippen LogP contribution in [0.1, 0.15) is 69.9 Å². The standard InChI is InChI=1S/C19H30O2/c1-4-21-19(12-6-5-7-13-19)18(20)14-16-8-10-17(11-9-16)15(2)3/h8-11,15,18,20H,4-7,12-14H2,1-3H3. The smallest absolute Gasteiger partial charge is 0.0943 e. The maximum absolute atomic E-state index is 10.8. The number of aliphatic hydroxyl groups is 1. The van der Waals surface area contributed by atoms with Gasteiger partial charge in [-0.1, -0.05) is 57.4 Å². The van der Waals surface area contributed by atoms with Crippen molar-refractivity contribution in [2.75, 3.05) is 6.61 Å². The summed E-state index contributed by atoms with van der Waals surface area (Å²) in [5.41, 5.74) is 2.24. The van der Waals surface area contributed by atoms with E-state index in [1.54, 1.807) is 0 Å². The third-order valence-corrected chi connectivity index (χ3v) is 4.81. The van der Waals surface area contributed by atoms with Gasteiger partial charge in [0.05, 0.1) is 11.7 Å². The van der Waals surface area contributed by atoms with Gasteiger partial charge in [-0.15, -0.1) is 0 Å². The van der Waals surface area contributed by atoms with Crippen LogP contribution in [0.4, 0.5) is 0 Å². The van der Waals surface area contributed by atoms with E-state index in [1.807, 2.05) is 6.92 Å². The second-order valence-corrected chi connectivity index (χ2v) is 6.67. The van der Waals surface area contributed by atoms with Gasteiger partial charge in [0.1, 0.15) is 0 Å².